The highest BCUT2D eigenvalue weighted by Gasteiger charge is 2.36. The normalized spacial score (nSPS) is 12.9. The van der Waals surface area contributed by atoms with Gasteiger partial charge in [-0.1, -0.05) is 141 Å². The maximum Gasteiger partial charge on any atom is 0.319 e. The highest BCUT2D eigenvalue weighted by Crippen LogP contribution is 2.32. The van der Waals surface area contributed by atoms with Crippen LogP contribution in [0.5, 0.6) is 0 Å². The van der Waals surface area contributed by atoms with Crippen LogP contribution < -0.4 is 0 Å². The van der Waals surface area contributed by atoms with Gasteiger partial charge in [-0.25, -0.2) is 0 Å². The van der Waals surface area contributed by atoms with Gasteiger partial charge in [-0.05, 0) is 84.0 Å². The average molecular weight is 589 g/mol. The summed E-state index contributed by atoms with van der Waals surface area (Å²) >= 11 is 0. The van der Waals surface area contributed by atoms with E-state index >= 15 is 0 Å². The Morgan fingerprint density at radius 3 is 1.33 bits per heavy atom. The van der Waals surface area contributed by atoms with Gasteiger partial charge in [-0.15, -0.1) is 0 Å². The SMILES string of the molecule is CCCCCCCC/C=C\CCCCCCCC(=O)OC(=O)C(C)(C)C(C)CCCCC/C=C\CCCCCCCC. The summed E-state index contributed by atoms with van der Waals surface area (Å²) in [4.78, 5) is 25.0. The Morgan fingerprint density at radius 1 is 0.548 bits per heavy atom. The quantitative estimate of drug-likeness (QED) is 0.0363. The van der Waals surface area contributed by atoms with E-state index in [2.05, 4.69) is 45.1 Å². The van der Waals surface area contributed by atoms with Gasteiger partial charge in [-0.2, -0.15) is 0 Å². The van der Waals surface area contributed by atoms with E-state index in [0.717, 1.165) is 44.9 Å². The van der Waals surface area contributed by atoms with Crippen molar-refractivity contribution in [3.63, 3.8) is 0 Å². The maximum absolute atomic E-state index is 12.8. The van der Waals surface area contributed by atoms with E-state index < -0.39 is 5.41 Å². The summed E-state index contributed by atoms with van der Waals surface area (Å²) in [6, 6.07) is 0. The molecule has 1 unspecified atom stereocenters. The number of hydrogen-bond donors (Lipinski definition) is 0. The van der Waals surface area contributed by atoms with Gasteiger partial charge in [0.2, 0.25) is 0 Å². The largest absolute Gasteiger partial charge is 0.393 e. The molecular weight excluding hydrogens is 516 g/mol. The van der Waals surface area contributed by atoms with Crippen LogP contribution in [0.4, 0.5) is 0 Å². The predicted octanol–water partition coefficient (Wildman–Crippen LogP) is 13.0. The van der Waals surface area contributed by atoms with E-state index in [1.54, 1.807) is 0 Å². The van der Waals surface area contributed by atoms with Crippen LogP contribution in [0.2, 0.25) is 0 Å². The molecule has 0 heterocycles. The summed E-state index contributed by atoms with van der Waals surface area (Å²) < 4.78 is 5.28. The third-order valence-electron chi connectivity index (χ3n) is 9.01. The van der Waals surface area contributed by atoms with Crippen molar-refractivity contribution in [2.45, 2.75) is 202 Å². The van der Waals surface area contributed by atoms with Crippen molar-refractivity contribution in [3.05, 3.63) is 24.3 Å². The molecule has 0 bridgehead atoms. The van der Waals surface area contributed by atoms with Crippen molar-refractivity contribution >= 4 is 11.9 Å². The van der Waals surface area contributed by atoms with Crippen LogP contribution in [0.3, 0.4) is 0 Å². The van der Waals surface area contributed by atoms with Crippen molar-refractivity contribution < 1.29 is 14.3 Å². The summed E-state index contributed by atoms with van der Waals surface area (Å²) in [6.45, 7) is 10.5. The van der Waals surface area contributed by atoms with Gasteiger partial charge in [0.1, 0.15) is 0 Å². The van der Waals surface area contributed by atoms with Gasteiger partial charge in [0.15, 0.2) is 0 Å². The highest BCUT2D eigenvalue weighted by molar-refractivity contribution is 5.88. The van der Waals surface area contributed by atoms with Crippen LogP contribution in [-0.2, 0) is 14.3 Å². The first-order valence-electron chi connectivity index (χ1n) is 18.4. The number of allylic oxidation sites excluding steroid dienone is 4. The molecule has 246 valence electrons. The summed E-state index contributed by atoms with van der Waals surface area (Å²) in [6.07, 6.45) is 40.7. The molecule has 0 aromatic heterocycles. The number of rotatable bonds is 30. The first-order chi connectivity index (χ1) is 20.4. The summed E-state index contributed by atoms with van der Waals surface area (Å²) in [5.74, 6) is -0.517. The first-order valence-corrected chi connectivity index (χ1v) is 18.4. The molecule has 0 saturated carbocycles. The molecule has 0 saturated heterocycles. The molecule has 3 nitrogen and oxygen atoms in total. The first kappa shape index (κ1) is 40.6. The van der Waals surface area contributed by atoms with Crippen LogP contribution in [0.25, 0.3) is 0 Å². The summed E-state index contributed by atoms with van der Waals surface area (Å²) in [7, 11) is 0. The molecule has 3 heteroatoms. The Balaban J connectivity index is 3.78. The molecule has 0 N–H and O–H groups in total. The van der Waals surface area contributed by atoms with Crippen LogP contribution >= 0.6 is 0 Å². The van der Waals surface area contributed by atoms with E-state index in [1.165, 1.54) is 116 Å². The van der Waals surface area contributed by atoms with Gasteiger partial charge >= 0.3 is 11.9 Å². The Hall–Kier alpha value is -1.38. The van der Waals surface area contributed by atoms with Crippen LogP contribution in [0, 0.1) is 11.3 Å². The Labute approximate surface area is 263 Å². The molecule has 42 heavy (non-hydrogen) atoms. The lowest BCUT2D eigenvalue weighted by atomic mass is 9.77. The third-order valence-corrected chi connectivity index (χ3v) is 9.01. The standard InChI is InChI=1S/C39H72O3/c1-6-8-10-12-14-16-18-20-21-23-25-27-29-31-33-35-37(40)42-38(41)39(4,5)36(3)34-32-30-28-26-24-22-19-17-15-13-11-9-7-2/h20-22,24,36H,6-19,23,25-35H2,1-5H3/b21-20-,24-22-. The van der Waals surface area contributed by atoms with Crippen LogP contribution in [0.15, 0.2) is 24.3 Å². The summed E-state index contributed by atoms with van der Waals surface area (Å²) in [5, 5.41) is 0. The second kappa shape index (κ2) is 29.7. The number of unbranched alkanes of at least 4 members (excludes halogenated alkanes) is 20. The van der Waals surface area contributed by atoms with Crippen LogP contribution in [0.1, 0.15) is 202 Å². The zero-order valence-corrected chi connectivity index (χ0v) is 29.0. The molecular formula is C39H72O3. The molecule has 0 amide bonds. The zero-order chi connectivity index (χ0) is 31.2. The zero-order valence-electron chi connectivity index (χ0n) is 29.0. The molecule has 0 fully saturated rings. The van der Waals surface area contributed by atoms with Crippen molar-refractivity contribution in [2.24, 2.45) is 11.3 Å². The Bertz CT molecular complexity index is 675. The molecule has 0 radical (unpaired) electrons. The summed E-state index contributed by atoms with van der Waals surface area (Å²) in [5.41, 5.74) is -0.630. The van der Waals surface area contributed by atoms with Gasteiger partial charge in [0.25, 0.3) is 0 Å². The van der Waals surface area contributed by atoms with Crippen molar-refractivity contribution in [2.75, 3.05) is 0 Å². The molecule has 0 aromatic carbocycles. The minimum atomic E-state index is -0.630. The van der Waals surface area contributed by atoms with Crippen LogP contribution in [-0.4, -0.2) is 11.9 Å². The van der Waals surface area contributed by atoms with Gasteiger partial charge < -0.3 is 4.74 Å². The second-order valence-electron chi connectivity index (χ2n) is 13.4. The molecule has 0 aromatic rings. The monoisotopic (exact) mass is 589 g/mol. The van der Waals surface area contributed by atoms with Gasteiger partial charge in [0, 0.05) is 6.42 Å². The number of carbonyl (C=O) groups excluding carboxylic acids is 2. The molecule has 0 aliphatic rings. The average Bonchev–Trinajstić information content (AvgIpc) is 2.97. The van der Waals surface area contributed by atoms with E-state index in [4.69, 9.17) is 4.74 Å². The number of ether oxygens (including phenoxy) is 1. The molecule has 0 aliphatic carbocycles. The topological polar surface area (TPSA) is 43.4 Å². The van der Waals surface area contributed by atoms with E-state index in [-0.39, 0.29) is 17.9 Å². The fourth-order valence-electron chi connectivity index (χ4n) is 5.36. The fraction of sp³-hybridized carbons (Fsp3) is 0.846. The highest BCUT2D eigenvalue weighted by atomic mass is 16.6. The minimum absolute atomic E-state index is 0.195. The van der Waals surface area contributed by atoms with Crippen molar-refractivity contribution in [1.82, 2.24) is 0 Å². The lowest BCUT2D eigenvalue weighted by molar-refractivity contribution is -0.168. The molecule has 0 aliphatic heterocycles. The molecule has 0 spiro atoms. The third kappa shape index (κ3) is 25.1. The lowest BCUT2D eigenvalue weighted by Crippen LogP contribution is -2.34. The predicted molar refractivity (Wildman–Crippen MR) is 184 cm³/mol. The maximum atomic E-state index is 12.8. The number of esters is 2. The number of hydrogen-bond acceptors (Lipinski definition) is 3. The van der Waals surface area contributed by atoms with Crippen molar-refractivity contribution in [1.29, 1.82) is 0 Å². The van der Waals surface area contributed by atoms with E-state index in [1.807, 2.05) is 13.8 Å². The van der Waals surface area contributed by atoms with Gasteiger partial charge in [-0.3, -0.25) is 9.59 Å². The smallest absolute Gasteiger partial charge is 0.319 e. The Morgan fingerprint density at radius 2 is 0.905 bits per heavy atom. The molecule has 0 rings (SSSR count). The fourth-order valence-corrected chi connectivity index (χ4v) is 5.36. The lowest BCUT2D eigenvalue weighted by Gasteiger charge is -2.29. The van der Waals surface area contributed by atoms with Crippen molar-refractivity contribution in [3.8, 4) is 0 Å². The Kier molecular flexibility index (Phi) is 28.7. The van der Waals surface area contributed by atoms with Gasteiger partial charge in [0.05, 0.1) is 5.41 Å². The number of carbonyl (C=O) groups is 2. The minimum Gasteiger partial charge on any atom is -0.393 e. The second-order valence-corrected chi connectivity index (χ2v) is 13.4. The molecule has 1 atom stereocenters. The van der Waals surface area contributed by atoms with E-state index in [9.17, 15) is 9.59 Å². The van der Waals surface area contributed by atoms with E-state index in [0.29, 0.717) is 6.42 Å².